The second kappa shape index (κ2) is 8.42. The SMILES string of the molecule is COc1cc(NS(=O)(=O)c2cnn(-c3cccc(C(F)(F)F)c3)c2)cc(C(=O)O)c1OC. The molecule has 0 aliphatic rings. The summed E-state index contributed by atoms with van der Waals surface area (Å²) in [5.74, 6) is -1.50. The van der Waals surface area contributed by atoms with Gasteiger partial charge in [0.1, 0.15) is 10.5 Å². The summed E-state index contributed by atoms with van der Waals surface area (Å²) < 4.78 is 77.5. The fraction of sp³-hybridized carbons (Fsp3) is 0.158. The number of benzene rings is 2. The highest BCUT2D eigenvalue weighted by molar-refractivity contribution is 7.92. The third kappa shape index (κ3) is 4.61. The molecule has 3 rings (SSSR count). The van der Waals surface area contributed by atoms with Crippen LogP contribution in [0.1, 0.15) is 15.9 Å². The number of rotatable bonds is 7. The van der Waals surface area contributed by atoms with E-state index in [0.717, 1.165) is 35.3 Å². The summed E-state index contributed by atoms with van der Waals surface area (Å²) >= 11 is 0. The van der Waals surface area contributed by atoms with Crippen molar-refractivity contribution in [2.75, 3.05) is 18.9 Å². The molecule has 13 heteroatoms. The third-order valence-electron chi connectivity index (χ3n) is 4.27. The minimum Gasteiger partial charge on any atom is -0.493 e. The van der Waals surface area contributed by atoms with Crippen molar-refractivity contribution in [2.24, 2.45) is 0 Å². The van der Waals surface area contributed by atoms with Gasteiger partial charge in [-0.3, -0.25) is 4.72 Å². The van der Waals surface area contributed by atoms with Gasteiger partial charge in [-0.05, 0) is 24.3 Å². The number of hydrogen-bond acceptors (Lipinski definition) is 6. The number of methoxy groups -OCH3 is 2. The van der Waals surface area contributed by atoms with Gasteiger partial charge < -0.3 is 14.6 Å². The van der Waals surface area contributed by atoms with Crippen LogP contribution in [-0.2, 0) is 16.2 Å². The summed E-state index contributed by atoms with van der Waals surface area (Å²) in [6, 6.07) is 6.47. The molecule has 2 N–H and O–H groups in total. The summed E-state index contributed by atoms with van der Waals surface area (Å²) in [6.07, 6.45) is -2.60. The van der Waals surface area contributed by atoms with Crippen LogP contribution in [0.2, 0.25) is 0 Å². The molecule has 9 nitrogen and oxygen atoms in total. The molecule has 1 heterocycles. The number of nitrogens with one attached hydrogen (secondary N) is 1. The molecule has 0 radical (unpaired) electrons. The average molecular weight is 471 g/mol. The first-order valence-electron chi connectivity index (χ1n) is 8.70. The molecule has 0 fully saturated rings. The van der Waals surface area contributed by atoms with Gasteiger partial charge in [-0.25, -0.2) is 17.9 Å². The van der Waals surface area contributed by atoms with Gasteiger partial charge >= 0.3 is 12.1 Å². The Morgan fingerprint density at radius 3 is 2.47 bits per heavy atom. The predicted molar refractivity (Wildman–Crippen MR) is 106 cm³/mol. The molecule has 2 aromatic carbocycles. The number of ether oxygens (including phenoxy) is 2. The van der Waals surface area contributed by atoms with Gasteiger partial charge in [0.15, 0.2) is 11.5 Å². The minimum atomic E-state index is -4.57. The third-order valence-corrected chi connectivity index (χ3v) is 5.60. The molecule has 0 amide bonds. The number of carboxylic acids is 1. The molecule has 1 aromatic heterocycles. The second-order valence-electron chi connectivity index (χ2n) is 6.34. The van der Waals surface area contributed by atoms with E-state index in [2.05, 4.69) is 9.82 Å². The van der Waals surface area contributed by atoms with E-state index in [1.165, 1.54) is 32.4 Å². The number of alkyl halides is 3. The Bertz CT molecular complexity index is 1270. The van der Waals surface area contributed by atoms with Crippen LogP contribution in [0.3, 0.4) is 0 Å². The first-order valence-corrected chi connectivity index (χ1v) is 10.2. The monoisotopic (exact) mass is 471 g/mol. The summed E-state index contributed by atoms with van der Waals surface area (Å²) in [5, 5.41) is 13.2. The van der Waals surface area contributed by atoms with E-state index in [4.69, 9.17) is 9.47 Å². The number of hydrogen-bond donors (Lipinski definition) is 2. The molecule has 0 saturated carbocycles. The lowest BCUT2D eigenvalue weighted by Crippen LogP contribution is -2.13. The van der Waals surface area contributed by atoms with Gasteiger partial charge in [0, 0.05) is 6.07 Å². The average Bonchev–Trinajstić information content (AvgIpc) is 3.23. The number of nitrogens with zero attached hydrogens (tertiary/aromatic N) is 2. The molecule has 3 aromatic rings. The van der Waals surface area contributed by atoms with Crippen LogP contribution >= 0.6 is 0 Å². The number of aromatic carboxylic acids is 1. The maximum Gasteiger partial charge on any atom is 0.416 e. The number of anilines is 1. The van der Waals surface area contributed by atoms with E-state index < -0.39 is 27.7 Å². The van der Waals surface area contributed by atoms with Crippen molar-refractivity contribution in [3.63, 3.8) is 0 Å². The van der Waals surface area contributed by atoms with Gasteiger partial charge in [-0.15, -0.1) is 0 Å². The van der Waals surface area contributed by atoms with E-state index in [9.17, 15) is 31.5 Å². The highest BCUT2D eigenvalue weighted by atomic mass is 32.2. The summed E-state index contributed by atoms with van der Waals surface area (Å²) in [7, 11) is -1.79. The lowest BCUT2D eigenvalue weighted by molar-refractivity contribution is -0.137. The molecular weight excluding hydrogens is 455 g/mol. The Balaban J connectivity index is 1.95. The lowest BCUT2D eigenvalue weighted by Gasteiger charge is -2.14. The summed E-state index contributed by atoms with van der Waals surface area (Å²) in [5.41, 5.74) is -1.39. The van der Waals surface area contributed by atoms with Crippen LogP contribution in [0.25, 0.3) is 5.69 Å². The van der Waals surface area contributed by atoms with E-state index in [0.29, 0.717) is 0 Å². The molecule has 0 atom stereocenters. The predicted octanol–water partition coefficient (Wildman–Crippen LogP) is 3.41. The zero-order chi connectivity index (χ0) is 23.7. The van der Waals surface area contributed by atoms with Crippen LogP contribution in [0.15, 0.2) is 53.7 Å². The molecule has 0 bridgehead atoms. The van der Waals surface area contributed by atoms with E-state index in [1.807, 2.05) is 0 Å². The highest BCUT2D eigenvalue weighted by Gasteiger charge is 2.30. The van der Waals surface area contributed by atoms with Crippen molar-refractivity contribution in [1.29, 1.82) is 0 Å². The van der Waals surface area contributed by atoms with Crippen molar-refractivity contribution in [3.8, 4) is 17.2 Å². The smallest absolute Gasteiger partial charge is 0.416 e. The standard InChI is InChI=1S/C19H16F3N3O6S/c1-30-16-8-12(7-15(18(26)27)17(16)31-2)24-32(28,29)14-9-23-25(10-14)13-5-3-4-11(6-13)19(20,21)22/h3-10,24H,1-2H3,(H,26,27). The lowest BCUT2D eigenvalue weighted by atomic mass is 10.1. The zero-order valence-electron chi connectivity index (χ0n) is 16.5. The molecule has 170 valence electrons. The zero-order valence-corrected chi connectivity index (χ0v) is 17.4. The molecule has 0 saturated heterocycles. The Morgan fingerprint density at radius 1 is 1.16 bits per heavy atom. The maximum absolute atomic E-state index is 12.9. The number of halogens is 3. The maximum atomic E-state index is 12.9. The first-order chi connectivity index (χ1) is 15.0. The van der Waals surface area contributed by atoms with Gasteiger partial charge in [0.2, 0.25) is 0 Å². The second-order valence-corrected chi connectivity index (χ2v) is 8.02. The first kappa shape index (κ1) is 22.9. The molecule has 0 aliphatic heterocycles. The quantitative estimate of drug-likeness (QED) is 0.542. The number of carbonyl (C=O) groups is 1. The molecule has 32 heavy (non-hydrogen) atoms. The van der Waals surface area contributed by atoms with Crippen molar-refractivity contribution < 1.29 is 41.0 Å². The van der Waals surface area contributed by atoms with E-state index in [1.54, 1.807) is 0 Å². The largest absolute Gasteiger partial charge is 0.493 e. The number of aromatic nitrogens is 2. The Kier molecular flexibility index (Phi) is 6.03. The fourth-order valence-corrected chi connectivity index (χ4v) is 3.78. The van der Waals surface area contributed by atoms with Crippen LogP contribution in [0.4, 0.5) is 18.9 Å². The normalized spacial score (nSPS) is 11.8. The summed E-state index contributed by atoms with van der Waals surface area (Å²) in [6.45, 7) is 0. The molecule has 0 unspecified atom stereocenters. The molecule has 0 spiro atoms. The molecular formula is C19H16F3N3O6S. The van der Waals surface area contributed by atoms with E-state index >= 15 is 0 Å². The summed E-state index contributed by atoms with van der Waals surface area (Å²) in [4.78, 5) is 11.1. The molecule has 0 aliphatic carbocycles. The number of carboxylic acid groups (broad SMARTS) is 1. The highest BCUT2D eigenvalue weighted by Crippen LogP contribution is 2.35. The topological polar surface area (TPSA) is 120 Å². The Labute approximate surface area is 180 Å². The number of sulfonamides is 1. The van der Waals surface area contributed by atoms with Crippen molar-refractivity contribution in [3.05, 3.63) is 59.9 Å². The van der Waals surface area contributed by atoms with Crippen molar-refractivity contribution in [2.45, 2.75) is 11.1 Å². The Morgan fingerprint density at radius 2 is 1.88 bits per heavy atom. The van der Waals surface area contributed by atoms with Gasteiger partial charge in [-0.1, -0.05) is 6.07 Å². The minimum absolute atomic E-state index is 0.000514. The van der Waals surface area contributed by atoms with Crippen molar-refractivity contribution in [1.82, 2.24) is 9.78 Å². The van der Waals surface area contributed by atoms with Crippen LogP contribution in [0, 0.1) is 0 Å². The van der Waals surface area contributed by atoms with Gasteiger partial charge in [0.25, 0.3) is 10.0 Å². The Hall–Kier alpha value is -3.74. The fourth-order valence-electron chi connectivity index (χ4n) is 2.81. The van der Waals surface area contributed by atoms with Crippen molar-refractivity contribution >= 4 is 21.7 Å². The van der Waals surface area contributed by atoms with Gasteiger partial charge in [0.05, 0.1) is 43.6 Å². The van der Waals surface area contributed by atoms with Gasteiger partial charge in [-0.2, -0.15) is 18.3 Å². The van der Waals surface area contributed by atoms with Crippen LogP contribution in [-0.4, -0.2) is 43.5 Å². The van der Waals surface area contributed by atoms with Crippen LogP contribution < -0.4 is 14.2 Å². The van der Waals surface area contributed by atoms with Crippen LogP contribution in [0.5, 0.6) is 11.5 Å². The van der Waals surface area contributed by atoms with E-state index in [-0.39, 0.29) is 33.3 Å².